The van der Waals surface area contributed by atoms with Crippen LogP contribution in [-0.2, 0) is 11.3 Å². The lowest BCUT2D eigenvalue weighted by atomic mass is 10.2. The fourth-order valence-corrected chi connectivity index (χ4v) is 1.87. The molecule has 0 saturated carbocycles. The molecule has 1 saturated heterocycles. The first kappa shape index (κ1) is 12.9. The Balaban J connectivity index is 1.74. The van der Waals surface area contributed by atoms with Crippen molar-refractivity contribution in [1.82, 2.24) is 4.90 Å². The maximum absolute atomic E-state index is 5.86. The minimum atomic E-state index is -0.0332. The van der Waals surface area contributed by atoms with E-state index >= 15 is 0 Å². The Kier molecular flexibility index (Phi) is 3.76. The molecule has 1 fully saturated rings. The van der Waals surface area contributed by atoms with Crippen LogP contribution in [0, 0.1) is 0 Å². The largest absolute Gasteiger partial charge is 0.374 e. The highest BCUT2D eigenvalue weighted by atomic mass is 35.5. The first-order chi connectivity index (χ1) is 7.94. The van der Waals surface area contributed by atoms with Gasteiger partial charge in [-0.1, -0.05) is 23.7 Å². The molecule has 1 aromatic rings. The molecule has 2 rings (SSSR count). The van der Waals surface area contributed by atoms with E-state index in [-0.39, 0.29) is 5.60 Å². The van der Waals surface area contributed by atoms with Gasteiger partial charge in [0.1, 0.15) is 0 Å². The van der Waals surface area contributed by atoms with Crippen molar-refractivity contribution in [2.45, 2.75) is 39.0 Å². The topological polar surface area (TPSA) is 12.2 Å². The summed E-state index contributed by atoms with van der Waals surface area (Å²) in [6, 6.07) is 8.65. The molecule has 1 aliphatic heterocycles. The Bertz CT molecular complexity index is 369. The molecule has 1 aromatic carbocycles. The second-order valence-electron chi connectivity index (χ2n) is 5.63. The van der Waals surface area contributed by atoms with E-state index in [1.165, 1.54) is 5.56 Å². The van der Waals surface area contributed by atoms with E-state index < -0.39 is 0 Å². The highest BCUT2D eigenvalue weighted by Crippen LogP contribution is 2.23. The fourth-order valence-electron chi connectivity index (χ4n) is 1.75. The zero-order valence-corrected chi connectivity index (χ0v) is 11.5. The number of benzene rings is 1. The van der Waals surface area contributed by atoms with Crippen LogP contribution in [0.5, 0.6) is 0 Å². The molecule has 0 bridgehead atoms. The molecule has 3 heteroatoms. The van der Waals surface area contributed by atoms with Crippen molar-refractivity contribution < 1.29 is 4.74 Å². The van der Waals surface area contributed by atoms with Crippen LogP contribution in [-0.4, -0.2) is 29.7 Å². The summed E-state index contributed by atoms with van der Waals surface area (Å²) in [5.74, 6) is 0. The molecule has 2 unspecified atom stereocenters. The number of nitrogens with zero attached hydrogens (tertiary/aromatic N) is 1. The third kappa shape index (κ3) is 4.30. The van der Waals surface area contributed by atoms with Gasteiger partial charge in [0.15, 0.2) is 0 Å². The average molecular weight is 254 g/mol. The van der Waals surface area contributed by atoms with Gasteiger partial charge in [0.25, 0.3) is 0 Å². The number of halogens is 1. The Morgan fingerprint density at radius 1 is 1.29 bits per heavy atom. The summed E-state index contributed by atoms with van der Waals surface area (Å²) in [6.45, 7) is 9.25. The normalized spacial score (nSPS) is 23.8. The van der Waals surface area contributed by atoms with Gasteiger partial charge in [-0.25, -0.2) is 0 Å². The van der Waals surface area contributed by atoms with E-state index in [9.17, 15) is 0 Å². The summed E-state index contributed by atoms with van der Waals surface area (Å²) >= 11 is 5.86. The van der Waals surface area contributed by atoms with Crippen LogP contribution in [0.25, 0.3) is 0 Å². The van der Waals surface area contributed by atoms with Gasteiger partial charge < -0.3 is 4.74 Å². The monoisotopic (exact) mass is 253 g/mol. The minimum Gasteiger partial charge on any atom is -0.374 e. The molecule has 1 aliphatic rings. The predicted molar refractivity (Wildman–Crippen MR) is 71.4 cm³/mol. The Morgan fingerprint density at radius 2 is 1.94 bits per heavy atom. The summed E-state index contributed by atoms with van der Waals surface area (Å²) in [7, 11) is 0. The molecule has 2 atom stereocenters. The lowest BCUT2D eigenvalue weighted by Crippen LogP contribution is -2.23. The highest BCUT2D eigenvalue weighted by molar-refractivity contribution is 6.30. The molecule has 17 heavy (non-hydrogen) atoms. The van der Waals surface area contributed by atoms with E-state index in [2.05, 4.69) is 37.8 Å². The number of hydrogen-bond acceptors (Lipinski definition) is 2. The molecule has 94 valence electrons. The number of ether oxygens (including phenoxy) is 1. The van der Waals surface area contributed by atoms with Gasteiger partial charge in [0.05, 0.1) is 12.2 Å². The van der Waals surface area contributed by atoms with Crippen molar-refractivity contribution in [3.63, 3.8) is 0 Å². The molecule has 2 nitrogen and oxygen atoms in total. The summed E-state index contributed by atoms with van der Waals surface area (Å²) in [5, 5.41) is 0.798. The summed E-state index contributed by atoms with van der Waals surface area (Å²) in [5.41, 5.74) is 1.28. The van der Waals surface area contributed by atoms with Crippen LogP contribution in [0.1, 0.15) is 26.3 Å². The van der Waals surface area contributed by atoms with Crippen LogP contribution in [0.3, 0.4) is 0 Å². The molecule has 0 aromatic heterocycles. The lowest BCUT2D eigenvalue weighted by Gasteiger charge is -2.19. The third-order valence-electron chi connectivity index (χ3n) is 2.84. The average Bonchev–Trinajstić information content (AvgIpc) is 2.96. The smallest absolute Gasteiger partial charge is 0.0641 e. The standard InChI is InChI=1S/C14H20ClNO/c1-14(2,3)17-10-13-9-16(13)8-11-4-6-12(15)7-5-11/h4-7,13H,8-10H2,1-3H3. The highest BCUT2D eigenvalue weighted by Gasteiger charge is 2.34. The van der Waals surface area contributed by atoms with Crippen LogP contribution in [0.2, 0.25) is 5.02 Å². The van der Waals surface area contributed by atoms with Crippen molar-refractivity contribution in [1.29, 1.82) is 0 Å². The first-order valence-electron chi connectivity index (χ1n) is 6.06. The zero-order chi connectivity index (χ0) is 12.5. The molecule has 1 heterocycles. The number of rotatable bonds is 4. The molecular formula is C14H20ClNO. The van der Waals surface area contributed by atoms with Gasteiger partial charge in [-0.05, 0) is 38.5 Å². The van der Waals surface area contributed by atoms with Gasteiger partial charge in [-0.15, -0.1) is 0 Å². The Morgan fingerprint density at radius 3 is 2.53 bits per heavy atom. The summed E-state index contributed by atoms with van der Waals surface area (Å²) in [6.07, 6.45) is 0. The van der Waals surface area contributed by atoms with E-state index in [1.807, 2.05) is 12.1 Å². The van der Waals surface area contributed by atoms with E-state index in [0.29, 0.717) is 6.04 Å². The van der Waals surface area contributed by atoms with E-state index in [0.717, 1.165) is 24.7 Å². The van der Waals surface area contributed by atoms with Crippen LogP contribution < -0.4 is 0 Å². The third-order valence-corrected chi connectivity index (χ3v) is 3.09. The lowest BCUT2D eigenvalue weighted by molar-refractivity contribution is -0.00570. The fraction of sp³-hybridized carbons (Fsp3) is 0.571. The molecular weight excluding hydrogens is 234 g/mol. The molecule has 0 radical (unpaired) electrons. The zero-order valence-electron chi connectivity index (χ0n) is 10.7. The predicted octanol–water partition coefficient (Wildman–Crippen LogP) is 3.34. The number of hydrogen-bond donors (Lipinski definition) is 0. The van der Waals surface area contributed by atoms with Gasteiger partial charge in [-0.2, -0.15) is 0 Å². The van der Waals surface area contributed by atoms with Crippen molar-refractivity contribution in [2.75, 3.05) is 13.2 Å². The van der Waals surface area contributed by atoms with Crippen molar-refractivity contribution in [3.8, 4) is 0 Å². The van der Waals surface area contributed by atoms with Gasteiger partial charge >= 0.3 is 0 Å². The van der Waals surface area contributed by atoms with Crippen LogP contribution in [0.4, 0.5) is 0 Å². The summed E-state index contributed by atoms with van der Waals surface area (Å²) < 4.78 is 5.78. The van der Waals surface area contributed by atoms with Gasteiger partial charge in [0, 0.05) is 24.2 Å². The summed E-state index contributed by atoms with van der Waals surface area (Å²) in [4.78, 5) is 2.41. The maximum Gasteiger partial charge on any atom is 0.0641 e. The molecule has 0 aliphatic carbocycles. The van der Waals surface area contributed by atoms with Crippen molar-refractivity contribution in [2.24, 2.45) is 0 Å². The molecule has 0 amide bonds. The second kappa shape index (κ2) is 4.97. The Hall–Kier alpha value is -0.570. The SMILES string of the molecule is CC(C)(C)OCC1CN1Cc1ccc(Cl)cc1. The van der Waals surface area contributed by atoms with Crippen molar-refractivity contribution >= 4 is 11.6 Å². The Labute approximate surface area is 109 Å². The van der Waals surface area contributed by atoms with E-state index in [1.54, 1.807) is 0 Å². The second-order valence-corrected chi connectivity index (χ2v) is 6.07. The quantitative estimate of drug-likeness (QED) is 0.763. The van der Waals surface area contributed by atoms with Gasteiger partial charge in [0.2, 0.25) is 0 Å². The minimum absolute atomic E-state index is 0.0332. The van der Waals surface area contributed by atoms with Crippen LogP contribution >= 0.6 is 11.6 Å². The first-order valence-corrected chi connectivity index (χ1v) is 6.44. The van der Waals surface area contributed by atoms with Gasteiger partial charge in [-0.3, -0.25) is 4.90 Å². The van der Waals surface area contributed by atoms with Crippen molar-refractivity contribution in [3.05, 3.63) is 34.9 Å². The molecule has 0 N–H and O–H groups in total. The molecule has 0 spiro atoms. The maximum atomic E-state index is 5.86. The van der Waals surface area contributed by atoms with E-state index in [4.69, 9.17) is 16.3 Å². The van der Waals surface area contributed by atoms with Crippen LogP contribution in [0.15, 0.2) is 24.3 Å².